The summed E-state index contributed by atoms with van der Waals surface area (Å²) >= 11 is 0. The van der Waals surface area contributed by atoms with Gasteiger partial charge in [0.05, 0.1) is 0 Å². The number of esters is 1. The predicted octanol–water partition coefficient (Wildman–Crippen LogP) is 5.06. The topological polar surface area (TPSA) is 47.9 Å². The smallest absolute Gasteiger partial charge is 0.363 e. The van der Waals surface area contributed by atoms with E-state index in [4.69, 9.17) is 9.47 Å². The molecule has 144 valence electrons. The Bertz CT molecular complexity index is 1130. The highest BCUT2D eigenvalue weighted by molar-refractivity contribution is 6.12. The molecule has 1 heterocycles. The molecule has 0 fully saturated rings. The fourth-order valence-corrected chi connectivity index (χ4v) is 2.94. The van der Waals surface area contributed by atoms with E-state index in [1.165, 1.54) is 23.8 Å². The highest BCUT2D eigenvalue weighted by Crippen LogP contribution is 2.22. The van der Waals surface area contributed by atoms with Crippen molar-refractivity contribution >= 4 is 17.9 Å². The van der Waals surface area contributed by atoms with Crippen LogP contribution in [0.15, 0.2) is 83.5 Å². The molecular formula is C24H18FNO3. The molecule has 0 radical (unpaired) electrons. The third-order valence-corrected chi connectivity index (χ3v) is 4.51. The minimum atomic E-state index is -0.574. The van der Waals surface area contributed by atoms with E-state index in [9.17, 15) is 9.18 Å². The average molecular weight is 387 g/mol. The first-order valence-corrected chi connectivity index (χ1v) is 9.14. The molecule has 0 aromatic heterocycles. The molecule has 1 aliphatic rings. The summed E-state index contributed by atoms with van der Waals surface area (Å²) in [6, 6.07) is 21.2. The van der Waals surface area contributed by atoms with Gasteiger partial charge in [-0.3, -0.25) is 0 Å². The molecular weight excluding hydrogens is 369 g/mol. The molecule has 1 aliphatic heterocycles. The molecule has 0 N–H and O–H groups in total. The minimum absolute atomic E-state index is 0.0905. The van der Waals surface area contributed by atoms with Crippen LogP contribution in [0.2, 0.25) is 0 Å². The summed E-state index contributed by atoms with van der Waals surface area (Å²) in [6.45, 7) is 2.50. The Balaban J connectivity index is 1.53. The molecule has 0 atom stereocenters. The maximum atomic E-state index is 13.4. The molecule has 0 amide bonds. The van der Waals surface area contributed by atoms with Gasteiger partial charge in [0, 0.05) is 5.56 Å². The first-order valence-electron chi connectivity index (χ1n) is 9.14. The summed E-state index contributed by atoms with van der Waals surface area (Å²) < 4.78 is 24.5. The molecule has 5 heteroatoms. The van der Waals surface area contributed by atoms with Crippen LogP contribution in [-0.4, -0.2) is 11.9 Å². The Morgan fingerprint density at radius 2 is 1.86 bits per heavy atom. The van der Waals surface area contributed by atoms with Crippen molar-refractivity contribution < 1.29 is 18.7 Å². The van der Waals surface area contributed by atoms with Crippen molar-refractivity contribution in [2.45, 2.75) is 13.5 Å². The van der Waals surface area contributed by atoms with Crippen molar-refractivity contribution in [2.75, 3.05) is 0 Å². The highest BCUT2D eigenvalue weighted by atomic mass is 19.1. The second-order valence-corrected chi connectivity index (χ2v) is 6.63. The third-order valence-electron chi connectivity index (χ3n) is 4.51. The van der Waals surface area contributed by atoms with Gasteiger partial charge in [0.1, 0.15) is 18.2 Å². The van der Waals surface area contributed by atoms with Gasteiger partial charge in [0.25, 0.3) is 0 Å². The summed E-state index contributed by atoms with van der Waals surface area (Å²) in [5.74, 6) is -0.219. The SMILES string of the molecule is Cc1ccccc1COc1cccc(/C=C2\N=C(c3cccc(F)c3)OC2=O)c1. The van der Waals surface area contributed by atoms with Crippen LogP contribution in [0.25, 0.3) is 6.08 Å². The molecule has 0 unspecified atom stereocenters. The van der Waals surface area contributed by atoms with Crippen molar-refractivity contribution in [1.82, 2.24) is 0 Å². The van der Waals surface area contributed by atoms with Gasteiger partial charge >= 0.3 is 5.97 Å². The number of aryl methyl sites for hydroxylation is 1. The lowest BCUT2D eigenvalue weighted by Gasteiger charge is -2.09. The van der Waals surface area contributed by atoms with Crippen molar-refractivity contribution in [3.8, 4) is 5.75 Å². The molecule has 0 saturated heterocycles. The fourth-order valence-electron chi connectivity index (χ4n) is 2.94. The summed E-state index contributed by atoms with van der Waals surface area (Å²) in [7, 11) is 0. The number of ether oxygens (including phenoxy) is 2. The van der Waals surface area contributed by atoms with Gasteiger partial charge in [-0.15, -0.1) is 0 Å². The van der Waals surface area contributed by atoms with E-state index in [0.717, 1.165) is 11.1 Å². The lowest BCUT2D eigenvalue weighted by atomic mass is 10.1. The number of hydrogen-bond donors (Lipinski definition) is 0. The third kappa shape index (κ3) is 4.41. The molecule has 0 bridgehead atoms. The van der Waals surface area contributed by atoms with Crippen molar-refractivity contribution in [2.24, 2.45) is 4.99 Å². The van der Waals surface area contributed by atoms with Crippen molar-refractivity contribution in [1.29, 1.82) is 0 Å². The fraction of sp³-hybridized carbons (Fsp3) is 0.0833. The lowest BCUT2D eigenvalue weighted by Crippen LogP contribution is -2.05. The number of carbonyl (C=O) groups is 1. The van der Waals surface area contributed by atoms with E-state index in [2.05, 4.69) is 4.99 Å². The molecule has 29 heavy (non-hydrogen) atoms. The lowest BCUT2D eigenvalue weighted by molar-refractivity contribution is -0.129. The number of benzene rings is 3. The van der Waals surface area contributed by atoms with Gasteiger partial charge in [-0.25, -0.2) is 14.2 Å². The van der Waals surface area contributed by atoms with E-state index >= 15 is 0 Å². The van der Waals surface area contributed by atoms with E-state index in [0.29, 0.717) is 17.9 Å². The molecule has 0 spiro atoms. The predicted molar refractivity (Wildman–Crippen MR) is 109 cm³/mol. The number of halogens is 1. The maximum Gasteiger partial charge on any atom is 0.363 e. The van der Waals surface area contributed by atoms with E-state index in [1.807, 2.05) is 55.5 Å². The standard InChI is InChI=1S/C24H18FNO3/c1-16-6-2-3-8-19(16)15-28-21-11-4-7-17(12-21)13-22-24(27)29-23(26-22)18-9-5-10-20(25)14-18/h2-14H,15H2,1H3/b22-13-. The molecule has 3 aromatic carbocycles. The van der Waals surface area contributed by atoms with Crippen LogP contribution in [0.4, 0.5) is 4.39 Å². The largest absolute Gasteiger partial charge is 0.489 e. The van der Waals surface area contributed by atoms with Crippen LogP contribution in [0.5, 0.6) is 5.75 Å². The molecule has 4 nitrogen and oxygen atoms in total. The van der Waals surface area contributed by atoms with Gasteiger partial charge < -0.3 is 9.47 Å². The van der Waals surface area contributed by atoms with Crippen LogP contribution >= 0.6 is 0 Å². The van der Waals surface area contributed by atoms with Crippen LogP contribution in [-0.2, 0) is 16.1 Å². The Labute approximate surface area is 167 Å². The second-order valence-electron chi connectivity index (χ2n) is 6.63. The normalized spacial score (nSPS) is 14.6. The highest BCUT2D eigenvalue weighted by Gasteiger charge is 2.24. The van der Waals surface area contributed by atoms with Gasteiger partial charge in [0.2, 0.25) is 5.90 Å². The number of rotatable bonds is 5. The Morgan fingerprint density at radius 3 is 2.69 bits per heavy atom. The van der Waals surface area contributed by atoms with Gasteiger partial charge in [-0.1, -0.05) is 42.5 Å². The van der Waals surface area contributed by atoms with Gasteiger partial charge in [-0.2, -0.15) is 0 Å². The van der Waals surface area contributed by atoms with Crippen LogP contribution in [0, 0.1) is 12.7 Å². The Morgan fingerprint density at radius 1 is 1.03 bits per heavy atom. The van der Waals surface area contributed by atoms with E-state index in [1.54, 1.807) is 12.1 Å². The second kappa shape index (κ2) is 8.10. The summed E-state index contributed by atoms with van der Waals surface area (Å²) in [4.78, 5) is 16.4. The molecule has 3 aromatic rings. The number of cyclic esters (lactones) is 1. The first-order chi connectivity index (χ1) is 14.1. The van der Waals surface area contributed by atoms with Crippen LogP contribution < -0.4 is 4.74 Å². The summed E-state index contributed by atoms with van der Waals surface area (Å²) in [5, 5.41) is 0. The number of hydrogen-bond acceptors (Lipinski definition) is 4. The number of aliphatic imine (C=N–C) groups is 1. The van der Waals surface area contributed by atoms with Crippen molar-refractivity contribution in [3.63, 3.8) is 0 Å². The number of nitrogens with zero attached hydrogens (tertiary/aromatic N) is 1. The molecule has 4 rings (SSSR count). The zero-order chi connectivity index (χ0) is 20.2. The monoisotopic (exact) mass is 387 g/mol. The average Bonchev–Trinajstić information content (AvgIpc) is 3.08. The number of carbonyl (C=O) groups excluding carboxylic acids is 1. The molecule has 0 aliphatic carbocycles. The molecule has 0 saturated carbocycles. The minimum Gasteiger partial charge on any atom is -0.489 e. The van der Waals surface area contributed by atoms with Gasteiger partial charge in [0.15, 0.2) is 5.70 Å². The summed E-state index contributed by atoms with van der Waals surface area (Å²) in [6.07, 6.45) is 1.62. The quantitative estimate of drug-likeness (QED) is 0.454. The van der Waals surface area contributed by atoms with Crippen LogP contribution in [0.3, 0.4) is 0 Å². The van der Waals surface area contributed by atoms with Crippen molar-refractivity contribution in [3.05, 3.63) is 107 Å². The Kier molecular flexibility index (Phi) is 5.20. The zero-order valence-corrected chi connectivity index (χ0v) is 15.8. The summed E-state index contributed by atoms with van der Waals surface area (Å²) in [5.41, 5.74) is 3.60. The first kappa shape index (κ1) is 18.6. The maximum absolute atomic E-state index is 13.4. The van der Waals surface area contributed by atoms with Gasteiger partial charge in [-0.05, 0) is 60.0 Å². The zero-order valence-electron chi connectivity index (χ0n) is 15.8. The Hall–Kier alpha value is -3.73. The van der Waals surface area contributed by atoms with E-state index < -0.39 is 11.8 Å². The van der Waals surface area contributed by atoms with Crippen LogP contribution in [0.1, 0.15) is 22.3 Å². The van der Waals surface area contributed by atoms with E-state index in [-0.39, 0.29) is 11.6 Å².